The van der Waals surface area contributed by atoms with Gasteiger partial charge in [-0.2, -0.15) is 0 Å². The zero-order chi connectivity index (χ0) is 15.0. The van der Waals surface area contributed by atoms with Crippen molar-refractivity contribution < 1.29 is 4.74 Å². The van der Waals surface area contributed by atoms with Crippen LogP contribution in [-0.4, -0.2) is 24.8 Å². The van der Waals surface area contributed by atoms with Crippen LogP contribution in [0.4, 0.5) is 0 Å². The van der Waals surface area contributed by atoms with Gasteiger partial charge in [-0.3, -0.25) is 0 Å². The molecule has 0 radical (unpaired) electrons. The largest absolute Gasteiger partial charge is 0.377 e. The van der Waals surface area contributed by atoms with Gasteiger partial charge in [0.05, 0.1) is 6.10 Å². The summed E-state index contributed by atoms with van der Waals surface area (Å²) in [6, 6.07) is 9.84. The van der Waals surface area contributed by atoms with Gasteiger partial charge < -0.3 is 10.1 Å². The summed E-state index contributed by atoms with van der Waals surface area (Å²) in [5, 5.41) is 3.90. The Morgan fingerprint density at radius 3 is 2.86 bits per heavy atom. The predicted molar refractivity (Wildman–Crippen MR) is 87.5 cm³/mol. The van der Waals surface area contributed by atoms with E-state index in [1.54, 1.807) is 0 Å². The molecular weight excluding hydrogens is 258 g/mol. The van der Waals surface area contributed by atoms with Gasteiger partial charge in [0.25, 0.3) is 0 Å². The summed E-state index contributed by atoms with van der Waals surface area (Å²) in [7, 11) is 0. The van der Waals surface area contributed by atoms with Gasteiger partial charge in [-0.05, 0) is 44.2 Å². The Morgan fingerprint density at radius 2 is 2.10 bits per heavy atom. The molecule has 0 aromatic heterocycles. The fourth-order valence-electron chi connectivity index (χ4n) is 4.40. The number of aryl methyl sites for hydroxylation is 1. The first-order valence-electron chi connectivity index (χ1n) is 8.42. The smallest absolute Gasteiger partial charge is 0.0684 e. The van der Waals surface area contributed by atoms with Crippen LogP contribution in [0.5, 0.6) is 0 Å². The lowest BCUT2D eigenvalue weighted by molar-refractivity contribution is -0.194. The molecule has 1 aromatic rings. The van der Waals surface area contributed by atoms with E-state index in [1.807, 2.05) is 0 Å². The highest BCUT2D eigenvalue weighted by molar-refractivity contribution is 5.26. The van der Waals surface area contributed by atoms with Crippen molar-refractivity contribution in [2.24, 2.45) is 11.3 Å². The number of nitrogens with one attached hydrogen (secondary N) is 1. The van der Waals surface area contributed by atoms with Crippen LogP contribution < -0.4 is 5.32 Å². The fourth-order valence-corrected chi connectivity index (χ4v) is 4.40. The van der Waals surface area contributed by atoms with Gasteiger partial charge in [-0.15, -0.1) is 0 Å². The van der Waals surface area contributed by atoms with Gasteiger partial charge >= 0.3 is 0 Å². The molecule has 116 valence electrons. The minimum Gasteiger partial charge on any atom is -0.377 e. The van der Waals surface area contributed by atoms with E-state index < -0.39 is 0 Å². The molecule has 0 bridgehead atoms. The molecule has 2 nitrogen and oxygen atoms in total. The first-order chi connectivity index (χ1) is 10.00. The Labute approximate surface area is 129 Å². The van der Waals surface area contributed by atoms with Crippen molar-refractivity contribution >= 4 is 0 Å². The monoisotopic (exact) mass is 287 g/mol. The Morgan fingerprint density at radius 1 is 1.33 bits per heavy atom. The predicted octanol–water partition coefficient (Wildman–Crippen LogP) is 3.72. The number of benzene rings is 1. The van der Waals surface area contributed by atoms with E-state index in [4.69, 9.17) is 4.74 Å². The van der Waals surface area contributed by atoms with Gasteiger partial charge in [0.2, 0.25) is 0 Å². The van der Waals surface area contributed by atoms with Crippen molar-refractivity contribution in [3.63, 3.8) is 0 Å². The number of ether oxygens (including phenoxy) is 1. The zero-order valence-corrected chi connectivity index (χ0v) is 13.9. The molecule has 1 saturated carbocycles. The maximum atomic E-state index is 6.00. The van der Waals surface area contributed by atoms with Gasteiger partial charge in [-0.1, -0.05) is 38.1 Å². The highest BCUT2D eigenvalue weighted by atomic mass is 16.5. The summed E-state index contributed by atoms with van der Waals surface area (Å²) in [4.78, 5) is 0. The van der Waals surface area contributed by atoms with Gasteiger partial charge in [0.15, 0.2) is 0 Å². The Kier molecular flexibility index (Phi) is 4.11. The SMILES string of the molecule is Cc1ccccc1CC(C)NC1C2CCCOC2C1(C)C. The van der Waals surface area contributed by atoms with E-state index in [0.29, 0.717) is 24.1 Å². The molecule has 3 rings (SSSR count). The van der Waals surface area contributed by atoms with E-state index in [-0.39, 0.29) is 5.41 Å². The maximum absolute atomic E-state index is 6.00. The number of fused-ring (bicyclic) bond motifs is 1. The molecule has 2 fully saturated rings. The van der Waals surface area contributed by atoms with Crippen LogP contribution in [0.1, 0.15) is 44.7 Å². The second kappa shape index (κ2) is 5.73. The third kappa shape index (κ3) is 2.76. The summed E-state index contributed by atoms with van der Waals surface area (Å²) >= 11 is 0. The third-order valence-corrected chi connectivity index (χ3v) is 5.58. The lowest BCUT2D eigenvalue weighted by atomic mass is 9.55. The van der Waals surface area contributed by atoms with Crippen molar-refractivity contribution in [3.05, 3.63) is 35.4 Å². The van der Waals surface area contributed by atoms with Crippen LogP contribution in [0.15, 0.2) is 24.3 Å². The van der Waals surface area contributed by atoms with Crippen molar-refractivity contribution in [2.75, 3.05) is 6.61 Å². The summed E-state index contributed by atoms with van der Waals surface area (Å²) in [5.74, 6) is 0.716. The minimum atomic E-state index is 0.269. The number of hydrogen-bond acceptors (Lipinski definition) is 2. The molecule has 21 heavy (non-hydrogen) atoms. The summed E-state index contributed by atoms with van der Waals surface area (Å²) in [6.07, 6.45) is 4.12. The summed E-state index contributed by atoms with van der Waals surface area (Å²) in [6.45, 7) is 10.2. The first-order valence-corrected chi connectivity index (χ1v) is 8.42. The summed E-state index contributed by atoms with van der Waals surface area (Å²) < 4.78 is 6.00. The molecular formula is C19H29NO. The fraction of sp³-hybridized carbons (Fsp3) is 0.684. The second-order valence-electron chi connectivity index (χ2n) is 7.59. The quantitative estimate of drug-likeness (QED) is 0.911. The molecule has 0 spiro atoms. The Balaban J connectivity index is 1.62. The van der Waals surface area contributed by atoms with Gasteiger partial charge in [0.1, 0.15) is 0 Å². The van der Waals surface area contributed by atoms with Crippen molar-refractivity contribution in [2.45, 2.75) is 65.1 Å². The van der Waals surface area contributed by atoms with Crippen LogP contribution in [0, 0.1) is 18.3 Å². The summed E-state index contributed by atoms with van der Waals surface area (Å²) in [5.41, 5.74) is 3.13. The highest BCUT2D eigenvalue weighted by Gasteiger charge is 2.57. The van der Waals surface area contributed by atoms with Crippen LogP contribution in [-0.2, 0) is 11.2 Å². The average Bonchev–Trinajstić information content (AvgIpc) is 2.47. The molecule has 1 aliphatic carbocycles. The lowest BCUT2D eigenvalue weighted by Gasteiger charge is -2.60. The molecule has 1 N–H and O–H groups in total. The molecule has 1 aromatic carbocycles. The molecule has 2 aliphatic rings. The van der Waals surface area contributed by atoms with Gasteiger partial charge in [-0.25, -0.2) is 0 Å². The molecule has 4 atom stereocenters. The number of rotatable bonds is 4. The van der Waals surface area contributed by atoms with E-state index in [9.17, 15) is 0 Å². The third-order valence-electron chi connectivity index (χ3n) is 5.58. The van der Waals surface area contributed by atoms with E-state index >= 15 is 0 Å². The molecule has 1 aliphatic heterocycles. The zero-order valence-electron chi connectivity index (χ0n) is 13.9. The second-order valence-corrected chi connectivity index (χ2v) is 7.59. The van der Waals surface area contributed by atoms with E-state index in [2.05, 4.69) is 57.3 Å². The molecule has 1 heterocycles. The van der Waals surface area contributed by atoms with E-state index in [0.717, 1.165) is 13.0 Å². The van der Waals surface area contributed by atoms with Crippen LogP contribution in [0.25, 0.3) is 0 Å². The molecule has 2 heteroatoms. The van der Waals surface area contributed by atoms with Crippen molar-refractivity contribution in [1.82, 2.24) is 5.32 Å². The lowest BCUT2D eigenvalue weighted by Crippen LogP contribution is -2.70. The standard InChI is InChI=1S/C19H29NO/c1-13-8-5-6-9-15(13)12-14(2)20-17-16-10-7-11-21-18(16)19(17,3)4/h5-6,8-9,14,16-18,20H,7,10-12H2,1-4H3. The van der Waals surface area contributed by atoms with Crippen LogP contribution >= 0.6 is 0 Å². The Bertz CT molecular complexity index is 496. The van der Waals surface area contributed by atoms with Crippen molar-refractivity contribution in [1.29, 1.82) is 0 Å². The minimum absolute atomic E-state index is 0.269. The van der Waals surface area contributed by atoms with E-state index in [1.165, 1.54) is 24.0 Å². The molecule has 0 amide bonds. The topological polar surface area (TPSA) is 21.3 Å². The molecule has 1 saturated heterocycles. The van der Waals surface area contributed by atoms with Crippen LogP contribution in [0.3, 0.4) is 0 Å². The average molecular weight is 287 g/mol. The number of hydrogen-bond donors (Lipinski definition) is 1. The highest BCUT2D eigenvalue weighted by Crippen LogP contribution is 2.51. The molecule has 4 unspecified atom stereocenters. The maximum Gasteiger partial charge on any atom is 0.0684 e. The Hall–Kier alpha value is -0.860. The van der Waals surface area contributed by atoms with Crippen molar-refractivity contribution in [3.8, 4) is 0 Å². The first kappa shape index (κ1) is 15.1. The normalized spacial score (nSPS) is 32.1. The van der Waals surface area contributed by atoms with Gasteiger partial charge in [0, 0.05) is 30.0 Å². The van der Waals surface area contributed by atoms with Crippen LogP contribution in [0.2, 0.25) is 0 Å².